The molecule has 0 aliphatic heterocycles. The van der Waals surface area contributed by atoms with E-state index in [0.717, 1.165) is 6.07 Å². The minimum absolute atomic E-state index is 0.0539. The molecule has 2 rings (SSSR count). The fourth-order valence-electron chi connectivity index (χ4n) is 1.36. The zero-order valence-electron chi connectivity index (χ0n) is 7.92. The lowest BCUT2D eigenvalue weighted by atomic mass is 10.1. The van der Waals surface area contributed by atoms with Gasteiger partial charge in [-0.1, -0.05) is 23.7 Å². The summed E-state index contributed by atoms with van der Waals surface area (Å²) in [6.07, 6.45) is 1.31. The number of hydrogen-bond donors (Lipinski definition) is 1. The Labute approximate surface area is 95.1 Å². The molecular formula is C11H6ClF2NO. The molecule has 0 unspecified atom stereocenters. The maximum absolute atomic E-state index is 13.4. The summed E-state index contributed by atoms with van der Waals surface area (Å²) in [6.45, 7) is 0. The predicted molar refractivity (Wildman–Crippen MR) is 56.3 cm³/mol. The highest BCUT2D eigenvalue weighted by atomic mass is 35.5. The first kappa shape index (κ1) is 10.8. The third kappa shape index (κ3) is 1.72. The molecule has 2 nitrogen and oxygen atoms in total. The summed E-state index contributed by atoms with van der Waals surface area (Å²) in [5, 5.41) is 9.43. The lowest BCUT2D eigenvalue weighted by molar-refractivity contribution is 0.473. The first-order valence-electron chi connectivity index (χ1n) is 4.39. The molecule has 1 aromatic carbocycles. The number of rotatable bonds is 1. The highest BCUT2D eigenvalue weighted by molar-refractivity contribution is 6.31. The number of benzene rings is 1. The van der Waals surface area contributed by atoms with Gasteiger partial charge in [0.1, 0.15) is 0 Å². The number of hydrogen-bond acceptors (Lipinski definition) is 2. The Kier molecular flexibility index (Phi) is 2.75. The van der Waals surface area contributed by atoms with Gasteiger partial charge < -0.3 is 5.11 Å². The molecule has 5 heteroatoms. The molecule has 0 bridgehead atoms. The molecule has 16 heavy (non-hydrogen) atoms. The van der Waals surface area contributed by atoms with Crippen LogP contribution in [0.3, 0.4) is 0 Å². The first-order valence-corrected chi connectivity index (χ1v) is 4.77. The van der Waals surface area contributed by atoms with Crippen LogP contribution in [0.4, 0.5) is 8.78 Å². The van der Waals surface area contributed by atoms with Crippen molar-refractivity contribution in [3.8, 4) is 16.9 Å². The van der Waals surface area contributed by atoms with Gasteiger partial charge in [-0.2, -0.15) is 0 Å². The third-order valence-electron chi connectivity index (χ3n) is 2.12. The molecule has 1 heterocycles. The van der Waals surface area contributed by atoms with Gasteiger partial charge in [0.05, 0.1) is 0 Å². The summed E-state index contributed by atoms with van der Waals surface area (Å²) in [4.78, 5) is 3.62. The van der Waals surface area contributed by atoms with Crippen molar-refractivity contribution in [2.75, 3.05) is 0 Å². The molecule has 0 radical (unpaired) electrons. The molecular weight excluding hydrogens is 236 g/mol. The Morgan fingerprint density at radius 1 is 1.12 bits per heavy atom. The summed E-state index contributed by atoms with van der Waals surface area (Å²) in [5.74, 6) is -2.38. The molecule has 1 N–H and O–H groups in total. The molecule has 0 saturated heterocycles. The normalized spacial score (nSPS) is 10.4. The van der Waals surface area contributed by atoms with Crippen molar-refractivity contribution < 1.29 is 13.9 Å². The summed E-state index contributed by atoms with van der Waals surface area (Å²) in [7, 11) is 0. The first-order chi connectivity index (χ1) is 7.61. The minimum atomic E-state index is -1.03. The molecule has 0 saturated carbocycles. The average molecular weight is 242 g/mol. The largest absolute Gasteiger partial charge is 0.504 e. The molecule has 0 spiro atoms. The van der Waals surface area contributed by atoms with Crippen LogP contribution < -0.4 is 0 Å². The standard InChI is InChI=1S/C11H6ClF2NO/c12-11-10(16)7(4-5-15-11)6-2-1-3-8(13)9(6)14/h1-5,16H. The number of pyridine rings is 1. The van der Waals surface area contributed by atoms with Crippen molar-refractivity contribution in [3.05, 3.63) is 47.2 Å². The fraction of sp³-hybridized carbons (Fsp3) is 0. The van der Waals surface area contributed by atoms with Gasteiger partial charge in [0.25, 0.3) is 0 Å². The SMILES string of the molecule is Oc1c(-c2cccc(F)c2F)ccnc1Cl. The van der Waals surface area contributed by atoms with Crippen molar-refractivity contribution in [1.82, 2.24) is 4.98 Å². The second-order valence-electron chi connectivity index (χ2n) is 3.10. The zero-order valence-corrected chi connectivity index (χ0v) is 8.67. The molecule has 0 aliphatic rings. The van der Waals surface area contributed by atoms with Crippen LogP contribution in [0.1, 0.15) is 0 Å². The maximum Gasteiger partial charge on any atom is 0.171 e. The predicted octanol–water partition coefficient (Wildman–Crippen LogP) is 3.39. The van der Waals surface area contributed by atoms with E-state index in [9.17, 15) is 13.9 Å². The Bertz CT molecular complexity index is 496. The van der Waals surface area contributed by atoms with E-state index in [4.69, 9.17) is 11.6 Å². The van der Waals surface area contributed by atoms with E-state index in [-0.39, 0.29) is 22.0 Å². The molecule has 0 fully saturated rings. The van der Waals surface area contributed by atoms with E-state index in [0.29, 0.717) is 0 Å². The quantitative estimate of drug-likeness (QED) is 0.777. The number of halogens is 3. The number of nitrogens with zero attached hydrogens (tertiary/aromatic N) is 1. The highest BCUT2D eigenvalue weighted by Gasteiger charge is 2.14. The molecule has 0 amide bonds. The van der Waals surface area contributed by atoms with Gasteiger partial charge in [-0.05, 0) is 12.1 Å². The highest BCUT2D eigenvalue weighted by Crippen LogP contribution is 2.35. The van der Waals surface area contributed by atoms with E-state index in [1.54, 1.807) is 0 Å². The van der Waals surface area contributed by atoms with Crippen LogP contribution in [0.2, 0.25) is 5.15 Å². The van der Waals surface area contributed by atoms with E-state index in [2.05, 4.69) is 4.98 Å². The minimum Gasteiger partial charge on any atom is -0.504 e. The summed E-state index contributed by atoms with van der Waals surface area (Å²) >= 11 is 5.58. The van der Waals surface area contributed by atoms with Crippen LogP contribution in [-0.2, 0) is 0 Å². The van der Waals surface area contributed by atoms with Crippen molar-refractivity contribution in [3.63, 3.8) is 0 Å². The van der Waals surface area contributed by atoms with Crippen molar-refractivity contribution >= 4 is 11.6 Å². The summed E-state index contributed by atoms with van der Waals surface area (Å²) < 4.78 is 26.4. The molecule has 0 aliphatic carbocycles. The smallest absolute Gasteiger partial charge is 0.171 e. The maximum atomic E-state index is 13.4. The van der Waals surface area contributed by atoms with Gasteiger partial charge in [-0.3, -0.25) is 0 Å². The van der Waals surface area contributed by atoms with Gasteiger partial charge in [0.2, 0.25) is 0 Å². The monoisotopic (exact) mass is 241 g/mol. The van der Waals surface area contributed by atoms with E-state index >= 15 is 0 Å². The van der Waals surface area contributed by atoms with E-state index in [1.807, 2.05) is 0 Å². The van der Waals surface area contributed by atoms with Crippen LogP contribution in [0.5, 0.6) is 5.75 Å². The molecule has 82 valence electrons. The molecule has 2 aromatic rings. The number of aromatic nitrogens is 1. The second kappa shape index (κ2) is 4.06. The second-order valence-corrected chi connectivity index (χ2v) is 3.46. The topological polar surface area (TPSA) is 33.1 Å². The summed E-state index contributed by atoms with van der Waals surface area (Å²) in [5.41, 5.74) is 0.0544. The zero-order chi connectivity index (χ0) is 11.7. The van der Waals surface area contributed by atoms with Crippen LogP contribution in [0, 0.1) is 11.6 Å². The van der Waals surface area contributed by atoms with Gasteiger partial charge >= 0.3 is 0 Å². The Hall–Kier alpha value is -1.68. The van der Waals surface area contributed by atoms with Crippen LogP contribution >= 0.6 is 11.6 Å². The van der Waals surface area contributed by atoms with Gasteiger partial charge in [0, 0.05) is 17.3 Å². The van der Waals surface area contributed by atoms with E-state index < -0.39 is 11.6 Å². The fourth-order valence-corrected chi connectivity index (χ4v) is 1.52. The lowest BCUT2D eigenvalue weighted by Gasteiger charge is -2.06. The van der Waals surface area contributed by atoms with E-state index in [1.165, 1.54) is 24.4 Å². The van der Waals surface area contributed by atoms with Crippen molar-refractivity contribution in [2.24, 2.45) is 0 Å². The number of aromatic hydroxyl groups is 1. The molecule has 0 atom stereocenters. The average Bonchev–Trinajstić information content (AvgIpc) is 2.27. The summed E-state index contributed by atoms with van der Waals surface area (Å²) in [6, 6.07) is 5.06. The van der Waals surface area contributed by atoms with Crippen LogP contribution in [0.25, 0.3) is 11.1 Å². The lowest BCUT2D eigenvalue weighted by Crippen LogP contribution is -1.90. The third-order valence-corrected chi connectivity index (χ3v) is 2.40. The van der Waals surface area contributed by atoms with Gasteiger partial charge in [-0.15, -0.1) is 0 Å². The Morgan fingerprint density at radius 2 is 1.88 bits per heavy atom. The molecule has 1 aromatic heterocycles. The Morgan fingerprint density at radius 3 is 2.62 bits per heavy atom. The van der Waals surface area contributed by atoms with Crippen LogP contribution in [0.15, 0.2) is 30.5 Å². The Balaban J connectivity index is 2.68. The van der Waals surface area contributed by atoms with Crippen molar-refractivity contribution in [1.29, 1.82) is 0 Å². The van der Waals surface area contributed by atoms with Crippen molar-refractivity contribution in [2.45, 2.75) is 0 Å². The van der Waals surface area contributed by atoms with Gasteiger partial charge in [-0.25, -0.2) is 13.8 Å². The van der Waals surface area contributed by atoms with Crippen LogP contribution in [-0.4, -0.2) is 10.1 Å². The van der Waals surface area contributed by atoms with Gasteiger partial charge in [0.15, 0.2) is 22.5 Å².